The van der Waals surface area contributed by atoms with Crippen LogP contribution in [0.5, 0.6) is 5.75 Å². The summed E-state index contributed by atoms with van der Waals surface area (Å²) < 4.78 is 5.21. The predicted molar refractivity (Wildman–Crippen MR) is 130 cm³/mol. The van der Waals surface area contributed by atoms with Crippen molar-refractivity contribution < 1.29 is 19.7 Å². The van der Waals surface area contributed by atoms with Crippen molar-refractivity contribution in [2.45, 2.75) is 25.5 Å². The van der Waals surface area contributed by atoms with Crippen LogP contribution < -0.4 is 10.1 Å². The van der Waals surface area contributed by atoms with Crippen molar-refractivity contribution in [1.29, 1.82) is 0 Å². The van der Waals surface area contributed by atoms with Gasteiger partial charge in [0.1, 0.15) is 11.3 Å². The van der Waals surface area contributed by atoms with Gasteiger partial charge in [0.15, 0.2) is 0 Å². The van der Waals surface area contributed by atoms with Gasteiger partial charge in [0.05, 0.1) is 13.2 Å². The maximum Gasteiger partial charge on any atom is 0.339 e. The second-order valence-corrected chi connectivity index (χ2v) is 7.94. The van der Waals surface area contributed by atoms with Gasteiger partial charge in [0.2, 0.25) is 0 Å². The molecular formula is C25H27Cl2NO4. The van der Waals surface area contributed by atoms with Gasteiger partial charge in [-0.2, -0.15) is 0 Å². The van der Waals surface area contributed by atoms with Gasteiger partial charge in [0, 0.05) is 17.6 Å². The van der Waals surface area contributed by atoms with E-state index in [2.05, 4.69) is 24.4 Å². The summed E-state index contributed by atoms with van der Waals surface area (Å²) in [5.41, 5.74) is 3.97. The number of ether oxygens (including phenoxy) is 1. The molecule has 0 aliphatic rings. The molecule has 0 aliphatic carbocycles. The van der Waals surface area contributed by atoms with Crippen LogP contribution in [0.4, 0.5) is 0 Å². The van der Waals surface area contributed by atoms with Crippen molar-refractivity contribution in [3.05, 3.63) is 88.4 Å². The SMILES string of the molecule is COc1cc(-c2ccc(C[C@@H](C)NC[C@H](O)c3cccc(Cl)c3)cc2)ccc1C(=O)O.Cl. The quantitative estimate of drug-likeness (QED) is 0.386. The summed E-state index contributed by atoms with van der Waals surface area (Å²) in [6.07, 6.45) is 0.191. The summed E-state index contributed by atoms with van der Waals surface area (Å²) in [6.45, 7) is 2.52. The molecule has 3 rings (SSSR count). The van der Waals surface area contributed by atoms with E-state index in [4.69, 9.17) is 16.3 Å². The lowest BCUT2D eigenvalue weighted by atomic mass is 9.99. The zero-order chi connectivity index (χ0) is 22.4. The van der Waals surface area contributed by atoms with Crippen LogP contribution in [-0.4, -0.2) is 35.9 Å². The first-order valence-corrected chi connectivity index (χ1v) is 10.4. The molecule has 0 unspecified atom stereocenters. The van der Waals surface area contributed by atoms with Crippen LogP contribution in [0.3, 0.4) is 0 Å². The molecule has 0 heterocycles. The molecule has 2 atom stereocenters. The monoisotopic (exact) mass is 475 g/mol. The maximum atomic E-state index is 11.3. The molecule has 3 N–H and O–H groups in total. The zero-order valence-electron chi connectivity index (χ0n) is 17.9. The number of aromatic carboxylic acids is 1. The van der Waals surface area contributed by atoms with Crippen LogP contribution in [0.2, 0.25) is 5.02 Å². The normalized spacial score (nSPS) is 12.5. The topological polar surface area (TPSA) is 78.8 Å². The Balaban J connectivity index is 0.00000363. The first-order valence-electron chi connectivity index (χ1n) is 10.0. The molecule has 170 valence electrons. The van der Waals surface area contributed by atoms with E-state index in [0.29, 0.717) is 17.3 Å². The van der Waals surface area contributed by atoms with Gasteiger partial charge < -0.3 is 20.3 Å². The number of hydrogen-bond acceptors (Lipinski definition) is 4. The molecule has 0 fully saturated rings. The van der Waals surface area contributed by atoms with Crippen molar-refractivity contribution >= 4 is 30.0 Å². The first-order chi connectivity index (χ1) is 14.9. The molecule has 0 aromatic heterocycles. The third-order valence-corrected chi connectivity index (χ3v) is 5.39. The van der Waals surface area contributed by atoms with Gasteiger partial charge in [-0.25, -0.2) is 4.79 Å². The van der Waals surface area contributed by atoms with E-state index in [1.807, 2.05) is 24.3 Å². The molecule has 0 bridgehead atoms. The molecule has 32 heavy (non-hydrogen) atoms. The third-order valence-electron chi connectivity index (χ3n) is 5.15. The highest BCUT2D eigenvalue weighted by atomic mass is 35.5. The van der Waals surface area contributed by atoms with E-state index in [-0.39, 0.29) is 24.0 Å². The Morgan fingerprint density at radius 1 is 1.06 bits per heavy atom. The molecule has 3 aromatic rings. The standard InChI is InChI=1S/C25H26ClNO4.ClH/c1-16(27-15-23(28)20-4-3-5-21(26)13-20)12-17-6-8-18(9-7-17)19-10-11-22(25(29)30)24(14-19)31-2;/h3-11,13-14,16,23,27-28H,12,15H2,1-2H3,(H,29,30);1H/t16-,23+;/m1./s1. The summed E-state index contributed by atoms with van der Waals surface area (Å²) in [4.78, 5) is 11.3. The summed E-state index contributed by atoms with van der Waals surface area (Å²) in [5.74, 6) is -0.675. The minimum Gasteiger partial charge on any atom is -0.496 e. The Morgan fingerprint density at radius 2 is 1.75 bits per heavy atom. The van der Waals surface area contributed by atoms with Gasteiger partial charge in [0.25, 0.3) is 0 Å². The molecule has 0 saturated carbocycles. The fourth-order valence-electron chi connectivity index (χ4n) is 3.45. The second kappa shape index (κ2) is 11.9. The van der Waals surface area contributed by atoms with E-state index < -0.39 is 12.1 Å². The number of carboxylic acid groups (broad SMARTS) is 1. The molecule has 0 aliphatic heterocycles. The first kappa shape index (κ1) is 25.7. The molecule has 7 heteroatoms. The number of carboxylic acids is 1. The number of halogens is 2. The van der Waals surface area contributed by atoms with E-state index in [1.54, 1.807) is 30.3 Å². The van der Waals surface area contributed by atoms with Crippen molar-refractivity contribution in [2.24, 2.45) is 0 Å². The number of rotatable bonds is 9. The Labute approximate surface area is 199 Å². The largest absolute Gasteiger partial charge is 0.496 e. The molecular weight excluding hydrogens is 449 g/mol. The van der Waals surface area contributed by atoms with Crippen LogP contribution in [0.15, 0.2) is 66.7 Å². The van der Waals surface area contributed by atoms with Gasteiger partial charge in [-0.1, -0.05) is 54.1 Å². The van der Waals surface area contributed by atoms with E-state index in [9.17, 15) is 15.0 Å². The zero-order valence-corrected chi connectivity index (χ0v) is 19.5. The lowest BCUT2D eigenvalue weighted by Crippen LogP contribution is -2.32. The summed E-state index contributed by atoms with van der Waals surface area (Å²) >= 11 is 5.99. The Hall–Kier alpha value is -2.57. The van der Waals surface area contributed by atoms with Crippen molar-refractivity contribution in [1.82, 2.24) is 5.32 Å². The fraction of sp³-hybridized carbons (Fsp3) is 0.240. The predicted octanol–water partition coefficient (Wildman–Crippen LogP) is 5.39. The summed E-state index contributed by atoms with van der Waals surface area (Å²) in [6, 6.07) is 20.6. The molecule has 0 spiro atoms. The van der Waals surface area contributed by atoms with E-state index in [1.165, 1.54) is 7.11 Å². The minimum atomic E-state index is -1.01. The molecule has 3 aromatic carbocycles. The Bertz CT molecular complexity index is 1040. The van der Waals surface area contributed by atoms with Crippen molar-refractivity contribution in [3.8, 4) is 16.9 Å². The minimum absolute atomic E-state index is 0. The lowest BCUT2D eigenvalue weighted by Gasteiger charge is -2.18. The molecule has 0 amide bonds. The van der Waals surface area contributed by atoms with Crippen LogP contribution >= 0.6 is 24.0 Å². The number of nitrogens with one attached hydrogen (secondary N) is 1. The highest BCUT2D eigenvalue weighted by Gasteiger charge is 2.13. The van der Waals surface area contributed by atoms with E-state index in [0.717, 1.165) is 28.7 Å². The van der Waals surface area contributed by atoms with Gasteiger partial charge >= 0.3 is 5.97 Å². The van der Waals surface area contributed by atoms with Gasteiger partial charge in [-0.15, -0.1) is 12.4 Å². The smallest absolute Gasteiger partial charge is 0.339 e. The van der Waals surface area contributed by atoms with Crippen molar-refractivity contribution in [2.75, 3.05) is 13.7 Å². The van der Waals surface area contributed by atoms with Gasteiger partial charge in [-0.3, -0.25) is 0 Å². The highest BCUT2D eigenvalue weighted by molar-refractivity contribution is 6.30. The molecule has 0 saturated heterocycles. The summed E-state index contributed by atoms with van der Waals surface area (Å²) in [5, 5.41) is 23.5. The number of methoxy groups -OCH3 is 1. The summed E-state index contributed by atoms with van der Waals surface area (Å²) in [7, 11) is 1.46. The van der Waals surface area contributed by atoms with Crippen LogP contribution in [-0.2, 0) is 6.42 Å². The number of benzene rings is 3. The Morgan fingerprint density at radius 3 is 2.38 bits per heavy atom. The average molecular weight is 476 g/mol. The molecule has 0 radical (unpaired) electrons. The molecule has 5 nitrogen and oxygen atoms in total. The van der Waals surface area contributed by atoms with Crippen molar-refractivity contribution in [3.63, 3.8) is 0 Å². The maximum absolute atomic E-state index is 11.3. The van der Waals surface area contributed by atoms with Crippen LogP contribution in [0, 0.1) is 0 Å². The number of aliphatic hydroxyl groups excluding tert-OH is 1. The lowest BCUT2D eigenvalue weighted by molar-refractivity contribution is 0.0693. The Kier molecular flexibility index (Phi) is 9.54. The fourth-order valence-corrected chi connectivity index (χ4v) is 3.65. The third kappa shape index (κ3) is 6.71. The highest BCUT2D eigenvalue weighted by Crippen LogP contribution is 2.28. The second-order valence-electron chi connectivity index (χ2n) is 7.50. The average Bonchev–Trinajstić information content (AvgIpc) is 2.77. The van der Waals surface area contributed by atoms with Gasteiger partial charge in [-0.05, 0) is 59.9 Å². The van der Waals surface area contributed by atoms with Crippen LogP contribution in [0.1, 0.15) is 34.5 Å². The number of aliphatic hydroxyl groups is 1. The van der Waals surface area contributed by atoms with Crippen LogP contribution in [0.25, 0.3) is 11.1 Å². The number of hydrogen-bond donors (Lipinski definition) is 3. The van der Waals surface area contributed by atoms with E-state index >= 15 is 0 Å². The number of carbonyl (C=O) groups is 1.